The summed E-state index contributed by atoms with van der Waals surface area (Å²) in [5.41, 5.74) is 4.63. The third-order valence-corrected chi connectivity index (χ3v) is 2.30. The maximum Gasteiger partial charge on any atom is 0.364 e. The van der Waals surface area contributed by atoms with Gasteiger partial charge in [-0.25, -0.2) is 8.78 Å². The van der Waals surface area contributed by atoms with Crippen LogP contribution in [0, 0.1) is 10.1 Å². The van der Waals surface area contributed by atoms with Crippen LogP contribution in [0.1, 0.15) is 17.7 Å². The maximum absolute atomic E-state index is 12.4. The Morgan fingerprint density at radius 3 is 2.67 bits per heavy atom. The average Bonchev–Trinajstić information content (AvgIpc) is 2.17. The van der Waals surface area contributed by atoms with Crippen LogP contribution in [0.4, 0.5) is 20.3 Å². The second-order valence-electron chi connectivity index (χ2n) is 2.63. The van der Waals surface area contributed by atoms with Crippen LogP contribution in [0.25, 0.3) is 0 Å². The first kappa shape index (κ1) is 11.8. The summed E-state index contributed by atoms with van der Waals surface area (Å²) in [6, 6.07) is 1.07. The third-order valence-electron chi connectivity index (χ3n) is 1.70. The lowest BCUT2D eigenvalue weighted by Crippen LogP contribution is -2.05. The molecular formula is C7H6BrF2N3O2. The van der Waals surface area contributed by atoms with Crippen molar-refractivity contribution in [2.45, 2.75) is 11.8 Å². The van der Waals surface area contributed by atoms with E-state index in [0.29, 0.717) is 0 Å². The van der Waals surface area contributed by atoms with E-state index in [1.54, 1.807) is 0 Å². The molecule has 8 heteroatoms. The minimum atomic E-state index is -2.93. The number of alkyl halides is 3. The Morgan fingerprint density at radius 1 is 1.67 bits per heavy atom. The minimum absolute atomic E-state index is 0.155. The number of halogens is 3. The Bertz CT molecular complexity index is 400. The Kier molecular flexibility index (Phi) is 3.51. The molecule has 2 N–H and O–H groups in total. The summed E-state index contributed by atoms with van der Waals surface area (Å²) < 4.78 is 24.8. The van der Waals surface area contributed by atoms with Crippen molar-refractivity contribution < 1.29 is 13.7 Å². The number of nitrogens with two attached hydrogens (primary N) is 1. The molecule has 0 aliphatic carbocycles. The van der Waals surface area contributed by atoms with Crippen molar-refractivity contribution in [3.8, 4) is 0 Å². The van der Waals surface area contributed by atoms with Gasteiger partial charge >= 0.3 is 12.2 Å². The number of nitrogens with zero attached hydrogens (tertiary/aromatic N) is 2. The molecule has 1 rings (SSSR count). The number of rotatable bonds is 3. The van der Waals surface area contributed by atoms with Gasteiger partial charge in [0.2, 0.25) is 5.69 Å². The van der Waals surface area contributed by atoms with E-state index in [9.17, 15) is 18.9 Å². The lowest BCUT2D eigenvalue weighted by molar-refractivity contribution is -0.389. The van der Waals surface area contributed by atoms with Crippen LogP contribution < -0.4 is 5.73 Å². The lowest BCUT2D eigenvalue weighted by atomic mass is 10.2. The summed E-state index contributed by atoms with van der Waals surface area (Å²) in [4.78, 5) is 12.7. The Labute approximate surface area is 91.6 Å². The fourth-order valence-corrected chi connectivity index (χ4v) is 1.45. The smallest absolute Gasteiger partial charge is 0.364 e. The van der Waals surface area contributed by atoms with Crippen molar-refractivity contribution in [1.82, 2.24) is 4.98 Å². The fourth-order valence-electron chi connectivity index (χ4n) is 0.984. The molecule has 0 aromatic carbocycles. The lowest BCUT2D eigenvalue weighted by Gasteiger charge is -2.04. The third kappa shape index (κ3) is 2.38. The van der Waals surface area contributed by atoms with Gasteiger partial charge in [0, 0.05) is 11.4 Å². The quantitative estimate of drug-likeness (QED) is 0.524. The highest BCUT2D eigenvalue weighted by atomic mass is 79.9. The van der Waals surface area contributed by atoms with Gasteiger partial charge < -0.3 is 15.8 Å². The summed E-state index contributed by atoms with van der Waals surface area (Å²) in [5.74, 6) is -0.631. The summed E-state index contributed by atoms with van der Waals surface area (Å²) >= 11 is 3.00. The highest BCUT2D eigenvalue weighted by Gasteiger charge is 2.25. The minimum Gasteiger partial charge on any atom is -0.395 e. The monoisotopic (exact) mass is 281 g/mol. The topological polar surface area (TPSA) is 82.0 Å². The highest BCUT2D eigenvalue weighted by molar-refractivity contribution is 9.08. The van der Waals surface area contributed by atoms with E-state index < -0.39 is 22.9 Å². The first-order chi connectivity index (χ1) is 6.97. The van der Waals surface area contributed by atoms with Gasteiger partial charge in [0.1, 0.15) is 0 Å². The number of nitrogen functional groups attached to an aromatic ring is 1. The molecule has 0 saturated heterocycles. The molecule has 0 unspecified atom stereocenters. The van der Waals surface area contributed by atoms with Crippen molar-refractivity contribution in [2.75, 3.05) is 5.73 Å². The van der Waals surface area contributed by atoms with E-state index in [-0.39, 0.29) is 16.6 Å². The fraction of sp³-hybridized carbons (Fsp3) is 0.286. The molecule has 82 valence electrons. The average molecular weight is 282 g/mol. The van der Waals surface area contributed by atoms with E-state index in [4.69, 9.17) is 5.73 Å². The first-order valence-corrected chi connectivity index (χ1v) is 4.87. The van der Waals surface area contributed by atoms with Gasteiger partial charge in [-0.15, -0.1) is 0 Å². The number of anilines is 1. The first-order valence-electron chi connectivity index (χ1n) is 3.75. The van der Waals surface area contributed by atoms with E-state index in [2.05, 4.69) is 20.9 Å². The standard InChI is InChI=1S/C7H6BrF2N3O2/c8-2-3-1-4(13(14)15)12-6(5(3)11)7(9)10/h1,7H,2,11H2. The predicted molar refractivity (Wildman–Crippen MR) is 52.9 cm³/mol. The van der Waals surface area contributed by atoms with E-state index >= 15 is 0 Å². The van der Waals surface area contributed by atoms with Gasteiger partial charge in [-0.05, 0) is 15.5 Å². The highest BCUT2D eigenvalue weighted by Crippen LogP contribution is 2.29. The van der Waals surface area contributed by atoms with Crippen LogP contribution in [0.3, 0.4) is 0 Å². The maximum atomic E-state index is 12.4. The predicted octanol–water partition coefficient (Wildman–Crippen LogP) is 2.40. The molecule has 0 radical (unpaired) electrons. The molecule has 0 fully saturated rings. The van der Waals surface area contributed by atoms with Crippen molar-refractivity contribution >= 4 is 27.4 Å². The molecular weight excluding hydrogens is 276 g/mol. The van der Waals surface area contributed by atoms with Crippen molar-refractivity contribution in [2.24, 2.45) is 0 Å². The normalized spacial score (nSPS) is 10.7. The molecule has 1 aromatic heterocycles. The van der Waals surface area contributed by atoms with Crippen molar-refractivity contribution in [3.05, 3.63) is 27.4 Å². The number of aromatic nitrogens is 1. The number of pyridine rings is 1. The molecule has 0 saturated carbocycles. The number of nitro groups is 1. The summed E-state index contributed by atoms with van der Waals surface area (Å²) in [5, 5.41) is 10.6. The van der Waals surface area contributed by atoms with Gasteiger partial charge in [0.25, 0.3) is 0 Å². The second-order valence-corrected chi connectivity index (χ2v) is 3.19. The molecule has 1 heterocycles. The van der Waals surface area contributed by atoms with Gasteiger partial charge in [0.05, 0.1) is 5.69 Å². The zero-order chi connectivity index (χ0) is 11.6. The Morgan fingerprint density at radius 2 is 2.27 bits per heavy atom. The van der Waals surface area contributed by atoms with Crippen LogP contribution in [-0.2, 0) is 5.33 Å². The SMILES string of the molecule is Nc1c(CBr)cc([N+](=O)[O-])nc1C(F)F. The molecule has 0 bridgehead atoms. The molecule has 5 nitrogen and oxygen atoms in total. The zero-order valence-corrected chi connectivity index (χ0v) is 8.87. The molecule has 0 aliphatic heterocycles. The van der Waals surface area contributed by atoms with Crippen molar-refractivity contribution in [3.63, 3.8) is 0 Å². The molecule has 15 heavy (non-hydrogen) atoms. The van der Waals surface area contributed by atoms with Gasteiger partial charge in [-0.1, -0.05) is 15.9 Å². The van der Waals surface area contributed by atoms with E-state index in [1.807, 2.05) is 0 Å². The molecule has 0 atom stereocenters. The summed E-state index contributed by atoms with van der Waals surface area (Å²) in [6.45, 7) is 0. The van der Waals surface area contributed by atoms with Crippen LogP contribution >= 0.6 is 15.9 Å². The van der Waals surface area contributed by atoms with Crippen LogP contribution in [0.15, 0.2) is 6.07 Å². The van der Waals surface area contributed by atoms with E-state index in [0.717, 1.165) is 6.07 Å². The summed E-state index contributed by atoms with van der Waals surface area (Å²) in [6.07, 6.45) is -2.93. The van der Waals surface area contributed by atoms with Crippen LogP contribution in [0.5, 0.6) is 0 Å². The molecule has 0 spiro atoms. The van der Waals surface area contributed by atoms with Gasteiger partial charge in [-0.3, -0.25) is 0 Å². The zero-order valence-electron chi connectivity index (χ0n) is 7.28. The molecule has 0 amide bonds. The van der Waals surface area contributed by atoms with Gasteiger partial charge in [0.15, 0.2) is 0 Å². The van der Waals surface area contributed by atoms with Crippen LogP contribution in [0.2, 0.25) is 0 Å². The Hall–Kier alpha value is -1.31. The van der Waals surface area contributed by atoms with Crippen LogP contribution in [-0.4, -0.2) is 9.91 Å². The molecule has 1 aromatic rings. The number of hydrogen-bond acceptors (Lipinski definition) is 4. The second kappa shape index (κ2) is 4.47. The van der Waals surface area contributed by atoms with Crippen molar-refractivity contribution in [1.29, 1.82) is 0 Å². The van der Waals surface area contributed by atoms with Gasteiger partial charge in [-0.2, -0.15) is 0 Å². The number of hydrogen-bond donors (Lipinski definition) is 1. The van der Waals surface area contributed by atoms with E-state index in [1.165, 1.54) is 0 Å². The Balaban J connectivity index is 3.38. The summed E-state index contributed by atoms with van der Waals surface area (Å²) in [7, 11) is 0. The largest absolute Gasteiger partial charge is 0.395 e. The molecule has 0 aliphatic rings.